The van der Waals surface area contributed by atoms with E-state index in [0.717, 1.165) is 60.5 Å². The van der Waals surface area contributed by atoms with Gasteiger partial charge in [0.1, 0.15) is 18.2 Å². The number of likely N-dealkylation sites (tertiary alicyclic amines) is 1. The highest BCUT2D eigenvalue weighted by Gasteiger charge is 2.40. The number of hydrogen-bond donors (Lipinski definition) is 1. The van der Waals surface area contributed by atoms with Gasteiger partial charge >= 0.3 is 16.3 Å². The molecule has 2 aromatic rings. The van der Waals surface area contributed by atoms with Crippen molar-refractivity contribution in [3.63, 3.8) is 0 Å². The summed E-state index contributed by atoms with van der Waals surface area (Å²) in [6, 6.07) is 11.5. The van der Waals surface area contributed by atoms with Crippen LogP contribution in [0.1, 0.15) is 54.4 Å². The molecule has 2 amide bonds. The predicted molar refractivity (Wildman–Crippen MR) is 153 cm³/mol. The quantitative estimate of drug-likeness (QED) is 0.414. The molecule has 42 heavy (non-hydrogen) atoms. The second-order valence-corrected chi connectivity index (χ2v) is 13.1. The van der Waals surface area contributed by atoms with Gasteiger partial charge in [-0.15, -0.1) is 0 Å². The van der Waals surface area contributed by atoms with E-state index in [1.807, 2.05) is 35.1 Å². The summed E-state index contributed by atoms with van der Waals surface area (Å²) in [6.45, 7) is 1.53. The van der Waals surface area contributed by atoms with Crippen LogP contribution in [-0.4, -0.2) is 74.6 Å². The van der Waals surface area contributed by atoms with Crippen LogP contribution in [0.5, 0.6) is 5.75 Å². The Labute approximate surface area is 250 Å². The SMILES string of the molecule is O=C(NS(=O)(=O)N1CC(O[C@H]2CCCN(C(=O)OCc3ccccc3)C2)C1)c1cc(Cl)c(OCC2CCCC2)cc1F. The summed E-state index contributed by atoms with van der Waals surface area (Å²) in [6.07, 6.45) is 4.73. The zero-order valence-electron chi connectivity index (χ0n) is 23.2. The molecule has 1 atom stereocenters. The van der Waals surface area contributed by atoms with Crippen LogP contribution in [0, 0.1) is 11.7 Å². The number of hydrogen-bond acceptors (Lipinski definition) is 7. The van der Waals surface area contributed by atoms with Crippen molar-refractivity contribution in [2.45, 2.75) is 57.3 Å². The van der Waals surface area contributed by atoms with Gasteiger partial charge in [-0.2, -0.15) is 12.7 Å². The van der Waals surface area contributed by atoms with Crippen molar-refractivity contribution in [1.29, 1.82) is 0 Å². The van der Waals surface area contributed by atoms with E-state index in [-0.39, 0.29) is 36.6 Å². The van der Waals surface area contributed by atoms with E-state index < -0.39 is 39.7 Å². The van der Waals surface area contributed by atoms with E-state index in [1.54, 1.807) is 4.90 Å². The zero-order chi connectivity index (χ0) is 29.7. The first kappa shape index (κ1) is 30.5. The molecular formula is C29H35ClFN3O7S. The molecular weight excluding hydrogens is 589 g/mol. The number of amides is 2. The zero-order valence-corrected chi connectivity index (χ0v) is 24.7. The third-order valence-corrected chi connectivity index (χ3v) is 9.53. The minimum absolute atomic E-state index is 0.0226. The van der Waals surface area contributed by atoms with E-state index in [0.29, 0.717) is 25.6 Å². The molecule has 0 aromatic heterocycles. The van der Waals surface area contributed by atoms with Crippen LogP contribution in [-0.2, 0) is 26.3 Å². The topological polar surface area (TPSA) is 114 Å². The Hall–Kier alpha value is -2.93. The standard InChI is InChI=1S/C29H35ClFN3O7S/c30-25-13-24(26(31)14-27(25)39-18-20-9-4-5-10-20)28(35)32-42(37,38)34-16-23(17-34)41-22-11-6-12-33(15-22)29(36)40-19-21-7-2-1-3-8-21/h1-3,7-8,13-14,20,22-23H,4-6,9-12,15-19H2,(H,32,35)/t22-/m0/s1. The maximum absolute atomic E-state index is 14.7. The van der Waals surface area contributed by atoms with Gasteiger partial charge in [0.15, 0.2) is 0 Å². The smallest absolute Gasteiger partial charge is 0.410 e. The molecule has 1 saturated carbocycles. The van der Waals surface area contributed by atoms with Crippen molar-refractivity contribution in [2.75, 3.05) is 32.8 Å². The average Bonchev–Trinajstić information content (AvgIpc) is 3.48. The minimum Gasteiger partial charge on any atom is -0.492 e. The van der Waals surface area contributed by atoms with E-state index >= 15 is 0 Å². The van der Waals surface area contributed by atoms with Gasteiger partial charge in [0, 0.05) is 25.7 Å². The summed E-state index contributed by atoms with van der Waals surface area (Å²) in [5, 5.41) is 0.0276. The predicted octanol–water partition coefficient (Wildman–Crippen LogP) is 4.52. The first-order chi connectivity index (χ1) is 20.2. The fraction of sp³-hybridized carbons (Fsp3) is 0.517. The number of nitrogens with zero attached hydrogens (tertiary/aromatic N) is 2. The fourth-order valence-corrected chi connectivity index (χ4v) is 6.83. The Balaban J connectivity index is 1.07. The molecule has 3 fully saturated rings. The van der Waals surface area contributed by atoms with Gasteiger partial charge in [0.2, 0.25) is 0 Å². The van der Waals surface area contributed by atoms with Crippen molar-refractivity contribution in [2.24, 2.45) is 5.92 Å². The molecule has 228 valence electrons. The van der Waals surface area contributed by atoms with Gasteiger partial charge in [-0.1, -0.05) is 54.8 Å². The summed E-state index contributed by atoms with van der Waals surface area (Å²) in [4.78, 5) is 26.8. The van der Waals surface area contributed by atoms with Crippen LogP contribution in [0.3, 0.4) is 0 Å². The molecule has 1 N–H and O–H groups in total. The highest BCUT2D eigenvalue weighted by atomic mass is 35.5. The first-order valence-corrected chi connectivity index (χ1v) is 16.0. The van der Waals surface area contributed by atoms with Crippen LogP contribution >= 0.6 is 11.6 Å². The maximum atomic E-state index is 14.7. The second-order valence-electron chi connectivity index (χ2n) is 11.0. The maximum Gasteiger partial charge on any atom is 0.410 e. The number of benzene rings is 2. The van der Waals surface area contributed by atoms with Crippen molar-refractivity contribution in [3.05, 3.63) is 64.4 Å². The van der Waals surface area contributed by atoms with E-state index in [2.05, 4.69) is 0 Å². The molecule has 3 aliphatic rings. The highest BCUT2D eigenvalue weighted by molar-refractivity contribution is 7.87. The molecule has 2 saturated heterocycles. The summed E-state index contributed by atoms with van der Waals surface area (Å²) >= 11 is 6.21. The lowest BCUT2D eigenvalue weighted by molar-refractivity contribution is -0.0872. The Kier molecular flexibility index (Phi) is 9.87. The number of ether oxygens (including phenoxy) is 3. The van der Waals surface area contributed by atoms with Gasteiger partial charge in [0.05, 0.1) is 35.9 Å². The van der Waals surface area contributed by atoms with Gasteiger partial charge in [-0.05, 0) is 43.2 Å². The van der Waals surface area contributed by atoms with Crippen LogP contribution in [0.15, 0.2) is 42.5 Å². The largest absolute Gasteiger partial charge is 0.492 e. The van der Waals surface area contributed by atoms with E-state index in [1.165, 1.54) is 0 Å². The number of halogens is 2. The molecule has 5 rings (SSSR count). The molecule has 13 heteroatoms. The molecule has 2 aromatic carbocycles. The average molecular weight is 624 g/mol. The fourth-order valence-electron chi connectivity index (χ4n) is 5.42. The van der Waals surface area contributed by atoms with E-state index in [4.69, 9.17) is 25.8 Å². The van der Waals surface area contributed by atoms with E-state index in [9.17, 15) is 22.4 Å². The molecule has 2 heterocycles. The van der Waals surface area contributed by atoms with Gasteiger partial charge in [0.25, 0.3) is 5.91 Å². The molecule has 0 bridgehead atoms. The molecule has 0 radical (unpaired) electrons. The molecule has 10 nitrogen and oxygen atoms in total. The molecule has 0 unspecified atom stereocenters. The second kappa shape index (κ2) is 13.6. The Bertz CT molecular complexity index is 1370. The first-order valence-electron chi connectivity index (χ1n) is 14.2. The lowest BCUT2D eigenvalue weighted by Gasteiger charge is -2.41. The molecule has 1 aliphatic carbocycles. The van der Waals surface area contributed by atoms with Crippen LogP contribution in [0.4, 0.5) is 9.18 Å². The number of piperidine rings is 1. The van der Waals surface area contributed by atoms with Crippen LogP contribution in [0.2, 0.25) is 5.02 Å². The monoisotopic (exact) mass is 623 g/mol. The Morgan fingerprint density at radius 3 is 2.48 bits per heavy atom. The summed E-state index contributed by atoms with van der Waals surface area (Å²) in [5.74, 6) is -1.55. The lowest BCUT2D eigenvalue weighted by atomic mass is 10.1. The normalized spacial score (nSPS) is 20.2. The third-order valence-electron chi connectivity index (χ3n) is 7.82. The highest BCUT2D eigenvalue weighted by Crippen LogP contribution is 2.31. The van der Waals surface area contributed by atoms with Gasteiger partial charge < -0.3 is 19.1 Å². The Morgan fingerprint density at radius 1 is 1.00 bits per heavy atom. The van der Waals surface area contributed by atoms with Crippen molar-refractivity contribution in [3.8, 4) is 5.75 Å². The summed E-state index contributed by atoms with van der Waals surface area (Å²) in [7, 11) is -4.24. The molecule has 2 aliphatic heterocycles. The van der Waals surface area contributed by atoms with Crippen molar-refractivity contribution < 1.29 is 36.6 Å². The number of carbonyl (C=O) groups is 2. The van der Waals surface area contributed by atoms with Gasteiger partial charge in [-0.25, -0.2) is 13.9 Å². The number of carbonyl (C=O) groups excluding carboxylic acids is 2. The van der Waals surface area contributed by atoms with Gasteiger partial charge in [-0.3, -0.25) is 4.79 Å². The number of rotatable bonds is 10. The van der Waals surface area contributed by atoms with Crippen molar-refractivity contribution >= 4 is 33.8 Å². The molecule has 0 spiro atoms. The third kappa shape index (κ3) is 7.71. The Morgan fingerprint density at radius 2 is 1.74 bits per heavy atom. The summed E-state index contributed by atoms with van der Waals surface area (Å²) in [5.41, 5.74) is 0.400. The van der Waals surface area contributed by atoms with Crippen LogP contribution in [0.25, 0.3) is 0 Å². The van der Waals surface area contributed by atoms with Crippen molar-refractivity contribution in [1.82, 2.24) is 13.9 Å². The summed E-state index contributed by atoms with van der Waals surface area (Å²) < 4.78 is 60.3. The minimum atomic E-state index is -4.24. The lowest BCUT2D eigenvalue weighted by Crippen LogP contribution is -2.60. The van der Waals surface area contributed by atoms with Crippen LogP contribution < -0.4 is 9.46 Å². The number of nitrogens with one attached hydrogen (secondary N) is 1.